The van der Waals surface area contributed by atoms with Crippen LogP contribution in [0.3, 0.4) is 0 Å². The number of guanidine groups is 1. The van der Waals surface area contributed by atoms with Crippen molar-refractivity contribution in [1.82, 2.24) is 26.1 Å². The highest BCUT2D eigenvalue weighted by molar-refractivity contribution is 6.07. The minimum Gasteiger partial charge on any atom is -0.469 e. The van der Waals surface area contributed by atoms with Gasteiger partial charge in [-0.1, -0.05) is 0 Å². The molecule has 1 aliphatic rings. The SMILES string of the molecule is COC(=O)C[C@H](NC(=O)CNC(=O)c1cc(NC2=NCC(F)CN2)c2cn[nH]c2c1)c1cc(C(F)(F)F)ccc1F. The fourth-order valence-corrected chi connectivity index (χ4v) is 4.00. The van der Waals surface area contributed by atoms with Crippen LogP contribution in [0.15, 0.2) is 41.5 Å². The number of aromatic nitrogens is 2. The molecule has 41 heavy (non-hydrogen) atoms. The third-order valence-electron chi connectivity index (χ3n) is 6.05. The van der Waals surface area contributed by atoms with Crippen molar-refractivity contribution < 1.29 is 41.1 Å². The molecule has 0 saturated heterocycles. The van der Waals surface area contributed by atoms with Crippen LogP contribution in [0.25, 0.3) is 10.9 Å². The molecule has 2 aromatic carbocycles. The summed E-state index contributed by atoms with van der Waals surface area (Å²) in [7, 11) is 1.03. The van der Waals surface area contributed by atoms with Gasteiger partial charge < -0.3 is 26.0 Å². The number of ether oxygens (including phenoxy) is 1. The van der Waals surface area contributed by atoms with Gasteiger partial charge in [-0.05, 0) is 30.3 Å². The number of halogens is 5. The highest BCUT2D eigenvalue weighted by atomic mass is 19.4. The zero-order chi connectivity index (χ0) is 29.7. The van der Waals surface area contributed by atoms with Gasteiger partial charge in [-0.2, -0.15) is 18.3 Å². The van der Waals surface area contributed by atoms with Crippen LogP contribution >= 0.6 is 0 Å². The van der Waals surface area contributed by atoms with Gasteiger partial charge in [0.05, 0.1) is 62.2 Å². The monoisotopic (exact) mass is 581 g/mol. The molecule has 2 amide bonds. The minimum atomic E-state index is -4.80. The number of alkyl halides is 4. The van der Waals surface area contributed by atoms with Gasteiger partial charge in [0.2, 0.25) is 5.91 Å². The molecule has 0 saturated carbocycles. The van der Waals surface area contributed by atoms with Crippen LogP contribution in [-0.4, -0.2) is 66.9 Å². The first-order valence-corrected chi connectivity index (χ1v) is 12.1. The maximum atomic E-state index is 14.5. The molecule has 0 spiro atoms. The van der Waals surface area contributed by atoms with Gasteiger partial charge >= 0.3 is 12.1 Å². The van der Waals surface area contributed by atoms with Crippen molar-refractivity contribution in [3.63, 3.8) is 0 Å². The third kappa shape index (κ3) is 7.26. The number of benzene rings is 2. The number of fused-ring (bicyclic) bond motifs is 1. The van der Waals surface area contributed by atoms with E-state index in [9.17, 15) is 36.3 Å². The Kier molecular flexibility index (Phi) is 8.68. The van der Waals surface area contributed by atoms with Gasteiger partial charge in [-0.15, -0.1) is 0 Å². The number of carbonyl (C=O) groups is 3. The summed E-state index contributed by atoms with van der Waals surface area (Å²) in [6.07, 6.45) is -5.09. The van der Waals surface area contributed by atoms with Gasteiger partial charge in [0.25, 0.3) is 5.91 Å². The maximum Gasteiger partial charge on any atom is 0.416 e. The summed E-state index contributed by atoms with van der Waals surface area (Å²) in [5.41, 5.74) is -0.797. The van der Waals surface area contributed by atoms with Crippen LogP contribution in [0, 0.1) is 5.82 Å². The Morgan fingerprint density at radius 1 is 1.20 bits per heavy atom. The van der Waals surface area contributed by atoms with Crippen LogP contribution in [0.1, 0.15) is 33.9 Å². The van der Waals surface area contributed by atoms with E-state index >= 15 is 0 Å². The Balaban J connectivity index is 1.48. The second-order valence-corrected chi connectivity index (χ2v) is 8.96. The van der Waals surface area contributed by atoms with Crippen molar-refractivity contribution in [1.29, 1.82) is 0 Å². The van der Waals surface area contributed by atoms with E-state index in [-0.39, 0.29) is 24.6 Å². The van der Waals surface area contributed by atoms with Crippen molar-refractivity contribution in [3.8, 4) is 0 Å². The number of nitrogens with zero attached hydrogens (tertiary/aromatic N) is 2. The van der Waals surface area contributed by atoms with Crippen LogP contribution in [0.2, 0.25) is 0 Å². The molecule has 2 atom stereocenters. The molecule has 1 unspecified atom stereocenters. The first kappa shape index (κ1) is 29.2. The van der Waals surface area contributed by atoms with E-state index in [1.165, 1.54) is 18.3 Å². The normalized spacial score (nSPS) is 15.9. The number of H-pyrrole nitrogens is 1. The molecule has 0 bridgehead atoms. The average Bonchev–Trinajstić information content (AvgIpc) is 3.41. The fourth-order valence-electron chi connectivity index (χ4n) is 4.00. The molecule has 1 aliphatic heterocycles. The number of aliphatic imine (C=N–C) groups is 1. The number of aromatic amines is 1. The summed E-state index contributed by atoms with van der Waals surface area (Å²) in [5.74, 6) is -3.33. The van der Waals surface area contributed by atoms with E-state index in [0.717, 1.165) is 7.11 Å². The molecule has 1 aromatic heterocycles. The van der Waals surface area contributed by atoms with E-state index in [0.29, 0.717) is 34.8 Å². The van der Waals surface area contributed by atoms with E-state index in [4.69, 9.17) is 0 Å². The Hall–Kier alpha value is -4.76. The van der Waals surface area contributed by atoms with Gasteiger partial charge in [0, 0.05) is 16.5 Å². The maximum absolute atomic E-state index is 14.5. The molecule has 5 N–H and O–H groups in total. The summed E-state index contributed by atoms with van der Waals surface area (Å²) in [5, 5.41) is 17.7. The average molecular weight is 582 g/mol. The molecular weight excluding hydrogens is 557 g/mol. The van der Waals surface area contributed by atoms with Crippen LogP contribution < -0.4 is 21.3 Å². The molecular formula is C25H24F5N7O4. The number of rotatable bonds is 8. The second kappa shape index (κ2) is 12.2. The lowest BCUT2D eigenvalue weighted by atomic mass is 10.00. The molecule has 16 heteroatoms. The third-order valence-corrected chi connectivity index (χ3v) is 6.05. The lowest BCUT2D eigenvalue weighted by Crippen LogP contribution is -2.41. The Labute approximate surface area is 228 Å². The molecule has 0 radical (unpaired) electrons. The second-order valence-electron chi connectivity index (χ2n) is 8.96. The zero-order valence-corrected chi connectivity index (χ0v) is 21.4. The largest absolute Gasteiger partial charge is 0.469 e. The standard InChI is InChI=1S/C25H24F5N7O4/c1-41-22(39)7-19(15-6-13(25(28,29)30)2-3-17(15)27)35-21(38)11-31-23(40)12-4-18(16-10-34-37-20(16)5-12)36-24-32-8-14(26)9-33-24/h2-6,10,14,19H,7-9,11H2,1H3,(H,31,40)(H,34,37)(H,35,38)(H2,32,33,36)/t19-/m0/s1. The number of esters is 1. The van der Waals surface area contributed by atoms with Gasteiger partial charge in [-0.3, -0.25) is 19.5 Å². The lowest BCUT2D eigenvalue weighted by Gasteiger charge is -2.20. The van der Waals surface area contributed by atoms with Crippen molar-refractivity contribution in [3.05, 3.63) is 59.0 Å². The van der Waals surface area contributed by atoms with Gasteiger partial charge in [-0.25, -0.2) is 13.8 Å². The summed E-state index contributed by atoms with van der Waals surface area (Å²) < 4.78 is 72.0. The van der Waals surface area contributed by atoms with E-state index < -0.39 is 66.1 Å². The predicted molar refractivity (Wildman–Crippen MR) is 136 cm³/mol. The molecule has 2 heterocycles. The minimum absolute atomic E-state index is 0.0411. The van der Waals surface area contributed by atoms with E-state index in [1.54, 1.807) is 0 Å². The molecule has 3 aromatic rings. The Morgan fingerprint density at radius 3 is 2.66 bits per heavy atom. The van der Waals surface area contributed by atoms with E-state index in [1.807, 2.05) is 0 Å². The van der Waals surface area contributed by atoms with Crippen LogP contribution in [0.4, 0.5) is 27.6 Å². The number of anilines is 1. The first-order chi connectivity index (χ1) is 19.4. The summed E-state index contributed by atoms with van der Waals surface area (Å²) in [6.45, 7) is -0.648. The van der Waals surface area contributed by atoms with Crippen LogP contribution in [-0.2, 0) is 20.5 Å². The fraction of sp³-hybridized carbons (Fsp3) is 0.320. The topological polar surface area (TPSA) is 150 Å². The van der Waals surface area contributed by atoms with Crippen molar-refractivity contribution >= 4 is 40.3 Å². The highest BCUT2D eigenvalue weighted by Crippen LogP contribution is 2.32. The number of methoxy groups -OCH3 is 1. The molecule has 11 nitrogen and oxygen atoms in total. The molecule has 0 fully saturated rings. The number of carbonyl (C=O) groups excluding carboxylic acids is 3. The smallest absolute Gasteiger partial charge is 0.416 e. The number of amides is 2. The number of hydrogen-bond acceptors (Lipinski definition) is 8. The predicted octanol–water partition coefficient (Wildman–Crippen LogP) is 2.58. The first-order valence-electron chi connectivity index (χ1n) is 12.1. The summed E-state index contributed by atoms with van der Waals surface area (Å²) in [4.78, 5) is 41.4. The van der Waals surface area contributed by atoms with Crippen LogP contribution in [0.5, 0.6) is 0 Å². The molecule has 0 aliphatic carbocycles. The Morgan fingerprint density at radius 2 is 1.98 bits per heavy atom. The van der Waals surface area contributed by atoms with Crippen molar-refractivity contribution in [2.45, 2.75) is 24.8 Å². The number of nitrogens with one attached hydrogen (secondary N) is 5. The summed E-state index contributed by atoms with van der Waals surface area (Å²) in [6, 6.07) is 3.01. The number of hydrogen-bond donors (Lipinski definition) is 5. The molecule has 218 valence electrons. The van der Waals surface area contributed by atoms with Crippen molar-refractivity contribution in [2.24, 2.45) is 4.99 Å². The van der Waals surface area contributed by atoms with Crippen molar-refractivity contribution in [2.75, 3.05) is 32.1 Å². The lowest BCUT2D eigenvalue weighted by molar-refractivity contribution is -0.141. The van der Waals surface area contributed by atoms with Gasteiger partial charge in [0.15, 0.2) is 5.96 Å². The Bertz CT molecular complexity index is 1490. The zero-order valence-electron chi connectivity index (χ0n) is 21.4. The molecule has 4 rings (SSSR count). The van der Waals surface area contributed by atoms with Gasteiger partial charge in [0.1, 0.15) is 12.0 Å². The van der Waals surface area contributed by atoms with E-state index in [2.05, 4.69) is 41.2 Å². The quantitative estimate of drug-likeness (QED) is 0.203. The highest BCUT2D eigenvalue weighted by Gasteiger charge is 2.33. The summed E-state index contributed by atoms with van der Waals surface area (Å²) >= 11 is 0.